The summed E-state index contributed by atoms with van der Waals surface area (Å²) in [7, 11) is -3.62. The van der Waals surface area contributed by atoms with E-state index < -0.39 is 9.84 Å². The number of hydrogen-bond acceptors (Lipinski definition) is 5. The highest BCUT2D eigenvalue weighted by molar-refractivity contribution is 7.93. The second kappa shape index (κ2) is 7.52. The van der Waals surface area contributed by atoms with Gasteiger partial charge in [-0.3, -0.25) is 0 Å². The summed E-state index contributed by atoms with van der Waals surface area (Å²) in [6.07, 6.45) is 6.47. The zero-order valence-corrected chi connectivity index (χ0v) is 16.9. The maximum Gasteiger partial charge on any atom is 0.235 e. The van der Waals surface area contributed by atoms with Gasteiger partial charge in [-0.25, -0.2) is 13.4 Å². The van der Waals surface area contributed by atoms with Crippen LogP contribution in [-0.4, -0.2) is 17.8 Å². The van der Waals surface area contributed by atoms with Crippen molar-refractivity contribution in [3.63, 3.8) is 0 Å². The summed E-state index contributed by atoms with van der Waals surface area (Å²) < 4.78 is 29.8. The van der Waals surface area contributed by atoms with Crippen LogP contribution in [0.3, 0.4) is 0 Å². The highest BCUT2D eigenvalue weighted by Gasteiger charge is 2.23. The van der Waals surface area contributed by atoms with Crippen LogP contribution in [0.5, 0.6) is 0 Å². The molecule has 4 rings (SSSR count). The molecule has 140 valence electrons. The Kier molecular flexibility index (Phi) is 5.10. The van der Waals surface area contributed by atoms with Crippen molar-refractivity contribution in [2.45, 2.75) is 54.2 Å². The summed E-state index contributed by atoms with van der Waals surface area (Å²) in [5.74, 6) is 1.12. The molecule has 1 saturated carbocycles. The highest BCUT2D eigenvalue weighted by Crippen LogP contribution is 2.33. The summed E-state index contributed by atoms with van der Waals surface area (Å²) >= 11 is 0.934. The van der Waals surface area contributed by atoms with Gasteiger partial charge >= 0.3 is 0 Å². The number of sulfone groups is 1. The minimum absolute atomic E-state index is 0.0395. The first-order valence-corrected chi connectivity index (χ1v) is 11.6. The van der Waals surface area contributed by atoms with Gasteiger partial charge in [-0.15, -0.1) is 0 Å². The molecule has 6 heteroatoms. The van der Waals surface area contributed by atoms with Gasteiger partial charge in [-0.1, -0.05) is 61.2 Å². The van der Waals surface area contributed by atoms with Gasteiger partial charge in [0.05, 0.1) is 4.90 Å². The molecule has 1 aliphatic carbocycles. The molecule has 0 spiro atoms. The fourth-order valence-electron chi connectivity index (χ4n) is 3.59. The van der Waals surface area contributed by atoms with Crippen LogP contribution in [0.25, 0.3) is 11.4 Å². The van der Waals surface area contributed by atoms with Crippen molar-refractivity contribution in [2.75, 3.05) is 0 Å². The molecule has 1 aliphatic rings. The Morgan fingerprint density at radius 3 is 2.26 bits per heavy atom. The minimum atomic E-state index is -3.62. The second-order valence-electron chi connectivity index (χ2n) is 7.16. The molecule has 0 bridgehead atoms. The van der Waals surface area contributed by atoms with Crippen molar-refractivity contribution in [1.29, 1.82) is 0 Å². The van der Waals surface area contributed by atoms with E-state index in [-0.39, 0.29) is 9.24 Å². The summed E-state index contributed by atoms with van der Waals surface area (Å²) in [4.78, 5) is 4.57. The molecule has 0 amide bonds. The molecule has 4 nitrogen and oxygen atoms in total. The summed E-state index contributed by atoms with van der Waals surface area (Å²) in [6, 6.07) is 15.1. The number of rotatable bonds is 4. The third-order valence-corrected chi connectivity index (χ3v) is 8.05. The molecule has 1 aromatic heterocycles. The molecule has 3 aromatic rings. The van der Waals surface area contributed by atoms with Crippen LogP contribution in [0.4, 0.5) is 0 Å². The van der Waals surface area contributed by atoms with Crippen molar-refractivity contribution in [3.8, 4) is 11.4 Å². The fourth-order valence-corrected chi connectivity index (χ4v) is 5.73. The van der Waals surface area contributed by atoms with Gasteiger partial charge in [0.25, 0.3) is 0 Å². The van der Waals surface area contributed by atoms with E-state index >= 15 is 0 Å². The molecule has 2 aromatic carbocycles. The second-order valence-corrected chi connectivity index (χ2v) is 10.0. The van der Waals surface area contributed by atoms with Gasteiger partial charge < -0.3 is 0 Å². The van der Waals surface area contributed by atoms with Gasteiger partial charge in [0, 0.05) is 5.56 Å². The number of hydrogen-bond donors (Lipinski definition) is 0. The van der Waals surface area contributed by atoms with Gasteiger partial charge in [0.15, 0.2) is 5.82 Å². The third kappa shape index (κ3) is 3.82. The average molecular weight is 399 g/mol. The SMILES string of the molecule is Cc1ccc(S(=O)(=O)c2nc(-c3ccc(C4CCCCC4)cc3)ns2)cc1. The molecule has 0 atom stereocenters. The average Bonchev–Trinajstić information content (AvgIpc) is 3.20. The van der Waals surface area contributed by atoms with Crippen LogP contribution >= 0.6 is 11.5 Å². The molecule has 0 unspecified atom stereocenters. The lowest BCUT2D eigenvalue weighted by molar-refractivity contribution is 0.443. The molecule has 0 radical (unpaired) electrons. The molecule has 0 aliphatic heterocycles. The Labute approximate surface area is 164 Å². The monoisotopic (exact) mass is 398 g/mol. The Hall–Kier alpha value is -2.05. The topological polar surface area (TPSA) is 59.9 Å². The van der Waals surface area contributed by atoms with E-state index in [4.69, 9.17) is 0 Å². The van der Waals surface area contributed by atoms with Crippen molar-refractivity contribution in [2.24, 2.45) is 0 Å². The lowest BCUT2D eigenvalue weighted by Gasteiger charge is -2.21. The number of nitrogens with zero attached hydrogens (tertiary/aromatic N) is 2. The lowest BCUT2D eigenvalue weighted by Crippen LogP contribution is -2.04. The first-order valence-electron chi connectivity index (χ1n) is 9.30. The van der Waals surface area contributed by atoms with E-state index in [1.54, 1.807) is 24.3 Å². The van der Waals surface area contributed by atoms with Gasteiger partial charge in [-0.2, -0.15) is 4.37 Å². The lowest BCUT2D eigenvalue weighted by atomic mass is 9.84. The molecular formula is C21H22N2O2S2. The Morgan fingerprint density at radius 2 is 1.59 bits per heavy atom. The number of benzene rings is 2. The van der Waals surface area contributed by atoms with Crippen LogP contribution < -0.4 is 0 Å². The third-order valence-electron chi connectivity index (χ3n) is 5.21. The van der Waals surface area contributed by atoms with Crippen molar-refractivity contribution >= 4 is 21.4 Å². The zero-order chi connectivity index (χ0) is 18.9. The quantitative estimate of drug-likeness (QED) is 0.591. The van der Waals surface area contributed by atoms with E-state index in [0.29, 0.717) is 11.7 Å². The van der Waals surface area contributed by atoms with Crippen LogP contribution in [-0.2, 0) is 9.84 Å². The fraction of sp³-hybridized carbons (Fsp3) is 0.333. The Bertz CT molecular complexity index is 1020. The zero-order valence-electron chi connectivity index (χ0n) is 15.3. The van der Waals surface area contributed by atoms with Crippen LogP contribution in [0, 0.1) is 6.92 Å². The molecule has 1 fully saturated rings. The maximum absolute atomic E-state index is 12.8. The Balaban J connectivity index is 1.58. The number of aromatic nitrogens is 2. The summed E-state index contributed by atoms with van der Waals surface area (Å²) in [5, 5.41) is 0. The van der Waals surface area contributed by atoms with Crippen molar-refractivity contribution < 1.29 is 8.42 Å². The van der Waals surface area contributed by atoms with E-state index in [2.05, 4.69) is 21.5 Å². The summed E-state index contributed by atoms with van der Waals surface area (Å²) in [5.41, 5.74) is 3.24. The highest BCUT2D eigenvalue weighted by atomic mass is 32.2. The maximum atomic E-state index is 12.8. The van der Waals surface area contributed by atoms with E-state index in [0.717, 1.165) is 22.7 Å². The van der Waals surface area contributed by atoms with E-state index in [1.165, 1.54) is 37.7 Å². The smallest absolute Gasteiger partial charge is 0.216 e. The molecule has 0 N–H and O–H groups in total. The molecule has 0 saturated heterocycles. The van der Waals surface area contributed by atoms with Gasteiger partial charge in [-0.05, 0) is 54.9 Å². The van der Waals surface area contributed by atoms with Gasteiger partial charge in [0.2, 0.25) is 14.2 Å². The normalized spacial score (nSPS) is 15.7. The van der Waals surface area contributed by atoms with Crippen molar-refractivity contribution in [1.82, 2.24) is 9.36 Å². The largest absolute Gasteiger partial charge is 0.235 e. The van der Waals surface area contributed by atoms with E-state index in [9.17, 15) is 8.42 Å². The first kappa shape index (κ1) is 18.3. The predicted molar refractivity (Wildman–Crippen MR) is 108 cm³/mol. The Morgan fingerprint density at radius 1 is 0.926 bits per heavy atom. The summed E-state index contributed by atoms with van der Waals surface area (Å²) in [6.45, 7) is 1.93. The molecule has 27 heavy (non-hydrogen) atoms. The molecule has 1 heterocycles. The van der Waals surface area contributed by atoms with Crippen LogP contribution in [0.1, 0.15) is 49.1 Å². The van der Waals surface area contributed by atoms with Crippen LogP contribution in [0.15, 0.2) is 57.8 Å². The van der Waals surface area contributed by atoms with Crippen LogP contribution in [0.2, 0.25) is 0 Å². The number of aryl methyl sites for hydroxylation is 1. The first-order chi connectivity index (χ1) is 13.0. The van der Waals surface area contributed by atoms with Crippen molar-refractivity contribution in [3.05, 3.63) is 59.7 Å². The van der Waals surface area contributed by atoms with Gasteiger partial charge in [0.1, 0.15) is 0 Å². The van der Waals surface area contributed by atoms with E-state index in [1.807, 2.05) is 19.1 Å². The molecular weight excluding hydrogens is 376 g/mol. The minimum Gasteiger partial charge on any atom is -0.216 e. The predicted octanol–water partition coefficient (Wildman–Crippen LogP) is 5.39. The standard InChI is InChI=1S/C21H22N2O2S2/c1-15-7-13-19(14-8-15)27(24,25)21-22-20(23-26-21)18-11-9-17(10-12-18)16-5-3-2-4-6-16/h7-14,16H,2-6H2,1H3.